The van der Waals surface area contributed by atoms with Gasteiger partial charge in [-0.2, -0.15) is 0 Å². The molecule has 1 amide bonds. The molecule has 0 spiro atoms. The van der Waals surface area contributed by atoms with E-state index in [9.17, 15) is 4.79 Å². The average Bonchev–Trinajstić information content (AvgIpc) is 2.40. The van der Waals surface area contributed by atoms with Crippen molar-refractivity contribution < 1.29 is 4.79 Å². The lowest BCUT2D eigenvalue weighted by molar-refractivity contribution is 0.102. The number of hydrazine groups is 1. The molecule has 19 heavy (non-hydrogen) atoms. The number of aromatic nitrogens is 2. The number of hydrogen-bond acceptors (Lipinski definition) is 5. The van der Waals surface area contributed by atoms with E-state index >= 15 is 0 Å². The number of pyridine rings is 2. The highest BCUT2D eigenvalue weighted by atomic mass is 79.9. The minimum Gasteiger partial charge on any atom is -0.321 e. The molecule has 0 bridgehead atoms. The van der Waals surface area contributed by atoms with E-state index in [4.69, 9.17) is 5.84 Å². The van der Waals surface area contributed by atoms with E-state index in [1.165, 1.54) is 0 Å². The van der Waals surface area contributed by atoms with Crippen molar-refractivity contribution in [3.05, 3.63) is 46.3 Å². The average molecular weight is 322 g/mol. The van der Waals surface area contributed by atoms with E-state index < -0.39 is 0 Å². The maximum atomic E-state index is 12.1. The molecule has 98 valence electrons. The molecular formula is C12H12BrN5O. The predicted octanol–water partition coefficient (Wildman–Crippen LogP) is 2.09. The third kappa shape index (κ3) is 3.27. The van der Waals surface area contributed by atoms with Crippen LogP contribution in [0.3, 0.4) is 0 Å². The van der Waals surface area contributed by atoms with Gasteiger partial charge in [0.25, 0.3) is 5.91 Å². The molecule has 0 aliphatic rings. The Labute approximate surface area is 118 Å². The highest BCUT2D eigenvalue weighted by Gasteiger charge is 2.10. The van der Waals surface area contributed by atoms with Gasteiger partial charge in [-0.05, 0) is 41.1 Å². The summed E-state index contributed by atoms with van der Waals surface area (Å²) in [5, 5.41) is 2.78. The topological polar surface area (TPSA) is 92.9 Å². The first-order valence-electron chi connectivity index (χ1n) is 5.46. The van der Waals surface area contributed by atoms with Gasteiger partial charge in [-0.3, -0.25) is 9.78 Å². The number of aryl methyl sites for hydroxylation is 1. The van der Waals surface area contributed by atoms with Crippen molar-refractivity contribution in [1.29, 1.82) is 0 Å². The second-order valence-electron chi connectivity index (χ2n) is 3.84. The van der Waals surface area contributed by atoms with Crippen molar-refractivity contribution in [2.75, 3.05) is 10.7 Å². The number of anilines is 2. The van der Waals surface area contributed by atoms with Gasteiger partial charge in [0, 0.05) is 23.7 Å². The second kappa shape index (κ2) is 5.77. The summed E-state index contributed by atoms with van der Waals surface area (Å²) in [5.74, 6) is 5.51. The standard InChI is InChI=1S/C12H12BrN5O/c1-7-4-8(5-11(16-7)18-14)12(19)17-10-2-3-15-6-9(10)13/h2-6H,14H2,1H3,(H,16,18)(H,15,17,19). The molecule has 6 nitrogen and oxygen atoms in total. The molecule has 0 saturated heterocycles. The maximum Gasteiger partial charge on any atom is 0.255 e. The van der Waals surface area contributed by atoms with Crippen LogP contribution in [0.5, 0.6) is 0 Å². The van der Waals surface area contributed by atoms with Crippen LogP contribution >= 0.6 is 15.9 Å². The first-order chi connectivity index (χ1) is 9.10. The lowest BCUT2D eigenvalue weighted by atomic mass is 10.2. The summed E-state index contributed by atoms with van der Waals surface area (Å²) in [6, 6.07) is 4.97. The molecule has 7 heteroatoms. The van der Waals surface area contributed by atoms with Crippen molar-refractivity contribution in [2.24, 2.45) is 5.84 Å². The predicted molar refractivity (Wildman–Crippen MR) is 76.7 cm³/mol. The molecule has 0 atom stereocenters. The number of halogens is 1. The molecule has 0 aliphatic carbocycles. The van der Waals surface area contributed by atoms with E-state index in [-0.39, 0.29) is 5.91 Å². The highest BCUT2D eigenvalue weighted by Crippen LogP contribution is 2.21. The van der Waals surface area contributed by atoms with Crippen molar-refractivity contribution in [3.63, 3.8) is 0 Å². The van der Waals surface area contributed by atoms with Gasteiger partial charge in [0.05, 0.1) is 10.2 Å². The van der Waals surface area contributed by atoms with Crippen molar-refractivity contribution in [1.82, 2.24) is 9.97 Å². The summed E-state index contributed by atoms with van der Waals surface area (Å²) < 4.78 is 0.714. The number of carbonyl (C=O) groups excluding carboxylic acids is 1. The van der Waals surface area contributed by atoms with Gasteiger partial charge in [-0.1, -0.05) is 0 Å². The Balaban J connectivity index is 2.25. The van der Waals surface area contributed by atoms with Gasteiger partial charge in [0.1, 0.15) is 5.82 Å². The molecule has 0 saturated carbocycles. The Morgan fingerprint density at radius 3 is 2.89 bits per heavy atom. The van der Waals surface area contributed by atoms with Crippen molar-refractivity contribution >= 4 is 33.3 Å². The highest BCUT2D eigenvalue weighted by molar-refractivity contribution is 9.10. The smallest absolute Gasteiger partial charge is 0.255 e. The van der Waals surface area contributed by atoms with Crippen molar-refractivity contribution in [3.8, 4) is 0 Å². The third-order valence-corrected chi connectivity index (χ3v) is 3.02. The Hall–Kier alpha value is -1.99. The normalized spacial score (nSPS) is 10.1. The molecule has 0 radical (unpaired) electrons. The summed E-state index contributed by atoms with van der Waals surface area (Å²) in [7, 11) is 0. The number of nitrogens with two attached hydrogens (primary N) is 1. The van der Waals surface area contributed by atoms with Gasteiger partial charge in [0.2, 0.25) is 0 Å². The van der Waals surface area contributed by atoms with Crippen LogP contribution in [0, 0.1) is 6.92 Å². The number of hydrogen-bond donors (Lipinski definition) is 3. The summed E-state index contributed by atoms with van der Waals surface area (Å²) in [5.41, 5.74) is 4.26. The Morgan fingerprint density at radius 1 is 1.42 bits per heavy atom. The summed E-state index contributed by atoms with van der Waals surface area (Å²) >= 11 is 3.32. The zero-order valence-electron chi connectivity index (χ0n) is 10.1. The molecule has 2 aromatic rings. The van der Waals surface area contributed by atoms with Crippen LogP contribution < -0.4 is 16.6 Å². The van der Waals surface area contributed by atoms with E-state index in [0.29, 0.717) is 27.2 Å². The molecular weight excluding hydrogens is 310 g/mol. The zero-order valence-corrected chi connectivity index (χ0v) is 11.7. The van der Waals surface area contributed by atoms with E-state index in [0.717, 1.165) is 0 Å². The van der Waals surface area contributed by atoms with E-state index in [1.54, 1.807) is 37.5 Å². The molecule has 0 aromatic carbocycles. The van der Waals surface area contributed by atoms with E-state index in [1.807, 2.05) is 0 Å². The first kappa shape index (κ1) is 13.4. The SMILES string of the molecule is Cc1cc(C(=O)Nc2ccncc2Br)cc(NN)n1. The van der Waals surface area contributed by atoms with Crippen LogP contribution in [0.4, 0.5) is 11.5 Å². The quantitative estimate of drug-likeness (QED) is 0.594. The van der Waals surface area contributed by atoms with Gasteiger partial charge in [-0.25, -0.2) is 10.8 Å². The minimum absolute atomic E-state index is 0.242. The summed E-state index contributed by atoms with van der Waals surface area (Å²) in [6.07, 6.45) is 3.21. The van der Waals surface area contributed by atoms with Crippen LogP contribution in [0.15, 0.2) is 35.1 Å². The molecule has 2 heterocycles. The number of carbonyl (C=O) groups is 1. The van der Waals surface area contributed by atoms with Gasteiger partial charge < -0.3 is 10.7 Å². The molecule has 4 N–H and O–H groups in total. The third-order valence-electron chi connectivity index (χ3n) is 2.38. The molecule has 2 aromatic heterocycles. The zero-order chi connectivity index (χ0) is 13.8. The Bertz CT molecular complexity index is 617. The lowest BCUT2D eigenvalue weighted by Crippen LogP contribution is -2.15. The van der Waals surface area contributed by atoms with Gasteiger partial charge in [0.15, 0.2) is 0 Å². The Morgan fingerprint density at radius 2 is 2.21 bits per heavy atom. The van der Waals surface area contributed by atoms with Gasteiger partial charge >= 0.3 is 0 Å². The summed E-state index contributed by atoms with van der Waals surface area (Å²) in [6.45, 7) is 1.79. The van der Waals surface area contributed by atoms with Gasteiger partial charge in [-0.15, -0.1) is 0 Å². The van der Waals surface area contributed by atoms with Crippen LogP contribution in [0.1, 0.15) is 16.1 Å². The minimum atomic E-state index is -0.242. The fourth-order valence-corrected chi connectivity index (χ4v) is 1.89. The molecule has 0 unspecified atom stereocenters. The monoisotopic (exact) mass is 321 g/mol. The molecule has 0 aliphatic heterocycles. The van der Waals surface area contributed by atoms with Crippen LogP contribution in [-0.2, 0) is 0 Å². The number of amides is 1. The number of nitrogen functional groups attached to an aromatic ring is 1. The first-order valence-corrected chi connectivity index (χ1v) is 6.25. The van der Waals surface area contributed by atoms with Crippen molar-refractivity contribution in [2.45, 2.75) is 6.92 Å². The lowest BCUT2D eigenvalue weighted by Gasteiger charge is -2.08. The van der Waals surface area contributed by atoms with Crippen LogP contribution in [-0.4, -0.2) is 15.9 Å². The number of nitrogens with one attached hydrogen (secondary N) is 2. The largest absolute Gasteiger partial charge is 0.321 e. The van der Waals surface area contributed by atoms with Crippen LogP contribution in [0.25, 0.3) is 0 Å². The number of rotatable bonds is 3. The second-order valence-corrected chi connectivity index (χ2v) is 4.69. The number of nitrogens with zero attached hydrogens (tertiary/aromatic N) is 2. The Kier molecular flexibility index (Phi) is 4.08. The molecule has 0 fully saturated rings. The van der Waals surface area contributed by atoms with E-state index in [2.05, 4.69) is 36.6 Å². The maximum absolute atomic E-state index is 12.1. The van der Waals surface area contributed by atoms with Crippen LogP contribution in [0.2, 0.25) is 0 Å². The summed E-state index contributed by atoms with van der Waals surface area (Å²) in [4.78, 5) is 20.2. The fraction of sp³-hybridized carbons (Fsp3) is 0.0833. The molecule has 2 rings (SSSR count). The fourth-order valence-electron chi connectivity index (χ4n) is 1.54.